The van der Waals surface area contributed by atoms with Gasteiger partial charge in [-0.3, -0.25) is 9.59 Å². The maximum absolute atomic E-state index is 12.9. The van der Waals surface area contributed by atoms with Gasteiger partial charge in [0.2, 0.25) is 23.8 Å². The Labute approximate surface area is 272 Å². The highest BCUT2D eigenvalue weighted by molar-refractivity contribution is 6.05. The Balaban J connectivity index is 1.05. The van der Waals surface area contributed by atoms with Crippen molar-refractivity contribution >= 4 is 58.4 Å². The fourth-order valence-electron chi connectivity index (χ4n) is 4.42. The molecule has 0 saturated heterocycles. The van der Waals surface area contributed by atoms with Crippen LogP contribution in [0.15, 0.2) is 107 Å². The smallest absolute Gasteiger partial charge is 0.255 e. The number of azo groups is 1. The Kier molecular flexibility index (Phi) is 8.51. The van der Waals surface area contributed by atoms with Crippen molar-refractivity contribution in [2.24, 2.45) is 10.2 Å². The topological polar surface area (TPSA) is 264 Å². The van der Waals surface area contributed by atoms with Crippen molar-refractivity contribution < 1.29 is 9.59 Å². The van der Waals surface area contributed by atoms with Gasteiger partial charge in [-0.15, -0.1) is 0 Å². The Morgan fingerprint density at radius 3 is 1.19 bits per heavy atom. The second-order valence-corrected chi connectivity index (χ2v) is 10.1. The summed E-state index contributed by atoms with van der Waals surface area (Å²) in [6.45, 7) is 0. The molecule has 6 rings (SSSR count). The maximum Gasteiger partial charge on any atom is 0.255 e. The van der Waals surface area contributed by atoms with E-state index in [0.29, 0.717) is 45.0 Å². The molecule has 2 heterocycles. The van der Waals surface area contributed by atoms with Crippen molar-refractivity contribution in [3.8, 4) is 22.8 Å². The first-order chi connectivity index (χ1) is 23.2. The molecule has 16 nitrogen and oxygen atoms in total. The van der Waals surface area contributed by atoms with E-state index in [2.05, 4.69) is 50.8 Å². The number of nitrogens with zero attached hydrogens (tertiary/aromatic N) is 8. The number of anilines is 6. The zero-order valence-corrected chi connectivity index (χ0v) is 24.9. The highest BCUT2D eigenvalue weighted by Crippen LogP contribution is 2.24. The number of hydrogen-bond acceptors (Lipinski definition) is 14. The van der Waals surface area contributed by atoms with Crippen LogP contribution in [-0.4, -0.2) is 41.7 Å². The Morgan fingerprint density at radius 2 is 0.833 bits per heavy atom. The van der Waals surface area contributed by atoms with Gasteiger partial charge in [0.15, 0.2) is 11.6 Å². The van der Waals surface area contributed by atoms with Gasteiger partial charge < -0.3 is 33.6 Å². The molecule has 0 aliphatic rings. The third-order valence-corrected chi connectivity index (χ3v) is 6.64. The molecule has 6 aromatic rings. The van der Waals surface area contributed by atoms with Gasteiger partial charge >= 0.3 is 0 Å². The fourth-order valence-corrected chi connectivity index (χ4v) is 4.42. The van der Waals surface area contributed by atoms with Crippen LogP contribution in [0, 0.1) is 0 Å². The average Bonchev–Trinajstić information content (AvgIpc) is 3.08. The fraction of sp³-hybridized carbons (Fsp3) is 0. The molecule has 236 valence electrons. The summed E-state index contributed by atoms with van der Waals surface area (Å²) in [7, 11) is 0. The lowest BCUT2D eigenvalue weighted by molar-refractivity contribution is 0.101. The zero-order valence-electron chi connectivity index (χ0n) is 24.9. The van der Waals surface area contributed by atoms with Gasteiger partial charge in [0, 0.05) is 33.6 Å². The number of carbonyl (C=O) groups excluding carboxylic acids is 2. The van der Waals surface area contributed by atoms with Gasteiger partial charge in [0.05, 0.1) is 11.4 Å². The molecule has 0 radical (unpaired) electrons. The summed E-state index contributed by atoms with van der Waals surface area (Å²) in [6, 6.07) is 27.2. The van der Waals surface area contributed by atoms with Crippen molar-refractivity contribution in [3.05, 3.63) is 108 Å². The Bertz CT molecular complexity index is 1980. The van der Waals surface area contributed by atoms with Crippen LogP contribution in [0.2, 0.25) is 0 Å². The quantitative estimate of drug-likeness (QED) is 0.124. The van der Waals surface area contributed by atoms with E-state index in [0.717, 1.165) is 0 Å². The normalized spacial score (nSPS) is 10.9. The predicted octanol–water partition coefficient (Wildman–Crippen LogP) is 4.64. The van der Waals surface area contributed by atoms with E-state index in [4.69, 9.17) is 22.9 Å². The summed E-state index contributed by atoms with van der Waals surface area (Å²) >= 11 is 0. The van der Waals surface area contributed by atoms with Crippen LogP contribution in [0.3, 0.4) is 0 Å². The molecule has 4 aromatic carbocycles. The van der Waals surface area contributed by atoms with Crippen molar-refractivity contribution in [1.82, 2.24) is 29.9 Å². The minimum atomic E-state index is -0.334. The molecular weight excluding hydrogens is 612 g/mol. The van der Waals surface area contributed by atoms with Crippen LogP contribution in [0.1, 0.15) is 20.7 Å². The molecule has 0 fully saturated rings. The molecule has 0 spiro atoms. The Morgan fingerprint density at radius 1 is 0.479 bits per heavy atom. The average molecular weight is 639 g/mol. The SMILES string of the molecule is Nc1nc(N)nc(-c2cccc(C(=O)Nc3ccc(/N=N/c4ccc(NC(=O)c5cccc(-c6nc(N)nc(N)n6)c5)cc4)cc3)c2)n1. The lowest BCUT2D eigenvalue weighted by Gasteiger charge is -2.08. The number of amides is 2. The van der Waals surface area contributed by atoms with Crippen LogP contribution in [-0.2, 0) is 0 Å². The first kappa shape index (κ1) is 30.7. The number of nitrogens with two attached hydrogens (primary N) is 4. The molecule has 10 N–H and O–H groups in total. The van der Waals surface area contributed by atoms with Crippen molar-refractivity contribution in [3.63, 3.8) is 0 Å². The minimum absolute atomic E-state index is 0.0128. The van der Waals surface area contributed by atoms with Gasteiger partial charge in [-0.25, -0.2) is 0 Å². The van der Waals surface area contributed by atoms with E-state index >= 15 is 0 Å². The number of nitrogen functional groups attached to an aromatic ring is 4. The van der Waals surface area contributed by atoms with Crippen molar-refractivity contribution in [2.45, 2.75) is 0 Å². The first-order valence-corrected chi connectivity index (χ1v) is 14.2. The number of hydrogen-bond donors (Lipinski definition) is 6. The Hall–Kier alpha value is -7.36. The molecule has 16 heteroatoms. The maximum atomic E-state index is 12.9. The molecule has 0 aliphatic heterocycles. The first-order valence-electron chi connectivity index (χ1n) is 14.2. The summed E-state index contributed by atoms with van der Waals surface area (Å²) in [5.41, 5.74) is 26.8. The van der Waals surface area contributed by atoms with Crippen LogP contribution in [0.5, 0.6) is 0 Å². The largest absolute Gasteiger partial charge is 0.368 e. The number of benzene rings is 4. The summed E-state index contributed by atoms with van der Waals surface area (Å²) < 4.78 is 0. The molecule has 0 aliphatic carbocycles. The molecule has 2 aromatic heterocycles. The standard InChI is InChI=1S/C32H26N14O2/c33-29-39-25(40-30(34)43-29)17-3-1-5-19(15-17)27(47)37-21-7-11-23(12-8-21)45-46-24-13-9-22(10-14-24)38-28(48)20-6-2-4-18(16-20)26-41-31(35)44-32(36)42-26/h1-16H,(H,37,47)(H,38,48)(H4,33,34,39,40,43)(H4,35,36,41,42,44)/b46-45+. The second-order valence-electron chi connectivity index (χ2n) is 10.1. The molecule has 0 unspecified atom stereocenters. The van der Waals surface area contributed by atoms with Gasteiger partial charge in [-0.2, -0.15) is 40.1 Å². The van der Waals surface area contributed by atoms with E-state index in [1.165, 1.54) is 0 Å². The van der Waals surface area contributed by atoms with Crippen LogP contribution >= 0.6 is 0 Å². The monoisotopic (exact) mass is 638 g/mol. The van der Waals surface area contributed by atoms with Gasteiger partial charge in [-0.05, 0) is 72.8 Å². The summed E-state index contributed by atoms with van der Waals surface area (Å²) in [5.74, 6) is -0.190. The van der Waals surface area contributed by atoms with Crippen LogP contribution in [0.4, 0.5) is 46.5 Å². The van der Waals surface area contributed by atoms with Crippen molar-refractivity contribution in [1.29, 1.82) is 0 Å². The second kappa shape index (κ2) is 13.3. The van der Waals surface area contributed by atoms with Crippen molar-refractivity contribution in [2.75, 3.05) is 33.6 Å². The summed E-state index contributed by atoms with van der Waals surface area (Å²) in [5, 5.41) is 14.2. The summed E-state index contributed by atoms with van der Waals surface area (Å²) in [6.07, 6.45) is 0. The highest BCUT2D eigenvalue weighted by atomic mass is 16.2. The number of rotatable bonds is 8. The van der Waals surface area contributed by atoms with E-state index in [1.807, 2.05) is 0 Å². The number of aromatic nitrogens is 6. The van der Waals surface area contributed by atoms with E-state index in [9.17, 15) is 9.59 Å². The molecular formula is C32H26N14O2. The molecule has 0 saturated carbocycles. The molecule has 0 bridgehead atoms. The van der Waals surface area contributed by atoms with Gasteiger partial charge in [0.25, 0.3) is 11.8 Å². The summed E-state index contributed by atoms with van der Waals surface area (Å²) in [4.78, 5) is 49.6. The number of nitrogens with one attached hydrogen (secondary N) is 2. The minimum Gasteiger partial charge on any atom is -0.368 e. The van der Waals surface area contributed by atoms with E-state index < -0.39 is 0 Å². The third kappa shape index (κ3) is 7.46. The third-order valence-electron chi connectivity index (χ3n) is 6.64. The molecule has 0 atom stereocenters. The predicted molar refractivity (Wildman–Crippen MR) is 181 cm³/mol. The van der Waals surface area contributed by atoms with Crippen LogP contribution in [0.25, 0.3) is 22.8 Å². The number of carbonyl (C=O) groups is 2. The van der Waals surface area contributed by atoms with E-state index in [1.54, 1.807) is 97.1 Å². The van der Waals surface area contributed by atoms with Gasteiger partial charge in [-0.1, -0.05) is 24.3 Å². The van der Waals surface area contributed by atoms with Gasteiger partial charge in [0.1, 0.15) is 0 Å². The molecule has 48 heavy (non-hydrogen) atoms. The lowest BCUT2D eigenvalue weighted by Crippen LogP contribution is -2.12. The zero-order chi connectivity index (χ0) is 33.6. The highest BCUT2D eigenvalue weighted by Gasteiger charge is 2.12. The van der Waals surface area contributed by atoms with Crippen LogP contribution < -0.4 is 33.6 Å². The molecule has 2 amide bonds. The lowest BCUT2D eigenvalue weighted by atomic mass is 10.1. The van der Waals surface area contributed by atoms with E-state index in [-0.39, 0.29) is 47.3 Å².